The van der Waals surface area contributed by atoms with Crippen LogP contribution in [0.25, 0.3) is 0 Å². The maximum absolute atomic E-state index is 11.7. The van der Waals surface area contributed by atoms with Gasteiger partial charge in [0.2, 0.25) is 5.91 Å². The summed E-state index contributed by atoms with van der Waals surface area (Å²) in [6.07, 6.45) is 0.337. The van der Waals surface area contributed by atoms with Gasteiger partial charge in [0.25, 0.3) is 0 Å². The lowest BCUT2D eigenvalue weighted by atomic mass is 10.0. The molecular weight excluding hydrogens is 212 g/mol. The molecule has 0 spiro atoms. The molecule has 0 saturated heterocycles. The summed E-state index contributed by atoms with van der Waals surface area (Å²) in [5.41, 5.74) is 7.68. The van der Waals surface area contributed by atoms with Gasteiger partial charge in [-0.2, -0.15) is 0 Å². The number of nitrogens with one attached hydrogen (secondary N) is 1. The molecule has 0 fully saturated rings. The molecule has 0 aliphatic heterocycles. The molecule has 0 unspecified atom stereocenters. The van der Waals surface area contributed by atoms with Crippen molar-refractivity contribution in [3.63, 3.8) is 0 Å². The van der Waals surface area contributed by atoms with Gasteiger partial charge in [-0.25, -0.2) is 0 Å². The highest BCUT2D eigenvalue weighted by atomic mass is 16.1. The molecule has 1 amide bonds. The normalized spacial score (nSPS) is 13.2. The summed E-state index contributed by atoms with van der Waals surface area (Å²) in [7, 11) is 0. The highest BCUT2D eigenvalue weighted by molar-refractivity contribution is 5.77. The van der Waals surface area contributed by atoms with E-state index in [4.69, 9.17) is 5.73 Å². The summed E-state index contributed by atoms with van der Waals surface area (Å²) in [5.74, 6) is -0.00873. The second-order valence-corrected chi connectivity index (χ2v) is 5.37. The highest BCUT2D eigenvalue weighted by Gasteiger charge is 2.18. The minimum Gasteiger partial charge on any atom is -0.350 e. The Morgan fingerprint density at radius 2 is 1.88 bits per heavy atom. The van der Waals surface area contributed by atoms with Crippen LogP contribution in [0.1, 0.15) is 44.4 Å². The van der Waals surface area contributed by atoms with E-state index in [0.29, 0.717) is 6.42 Å². The number of carbonyl (C=O) groups is 1. The van der Waals surface area contributed by atoms with Crippen LogP contribution in [0.3, 0.4) is 0 Å². The zero-order chi connectivity index (χ0) is 13.1. The van der Waals surface area contributed by atoms with Crippen molar-refractivity contribution in [1.29, 1.82) is 0 Å². The maximum atomic E-state index is 11.7. The molecule has 3 nitrogen and oxygen atoms in total. The Kier molecular flexibility index (Phi) is 4.29. The first-order valence-electron chi connectivity index (χ1n) is 5.93. The molecule has 3 heteroatoms. The van der Waals surface area contributed by atoms with Gasteiger partial charge >= 0.3 is 0 Å². The summed E-state index contributed by atoms with van der Waals surface area (Å²) in [4.78, 5) is 11.7. The van der Waals surface area contributed by atoms with Gasteiger partial charge in [-0.3, -0.25) is 4.79 Å². The molecule has 17 heavy (non-hydrogen) atoms. The summed E-state index contributed by atoms with van der Waals surface area (Å²) < 4.78 is 0. The number of carbonyl (C=O) groups excluding carboxylic acids is 1. The molecule has 0 radical (unpaired) electrons. The molecule has 1 aromatic rings. The van der Waals surface area contributed by atoms with Crippen LogP contribution in [-0.4, -0.2) is 11.4 Å². The van der Waals surface area contributed by atoms with E-state index in [9.17, 15) is 4.79 Å². The van der Waals surface area contributed by atoms with E-state index in [0.717, 1.165) is 5.56 Å². The van der Waals surface area contributed by atoms with E-state index >= 15 is 0 Å². The molecule has 1 aromatic carbocycles. The summed E-state index contributed by atoms with van der Waals surface area (Å²) in [6, 6.07) is 8.18. The molecule has 1 atom stereocenters. The van der Waals surface area contributed by atoms with Crippen LogP contribution >= 0.6 is 0 Å². The quantitative estimate of drug-likeness (QED) is 0.840. The van der Waals surface area contributed by atoms with Crippen LogP contribution in [0.2, 0.25) is 0 Å². The van der Waals surface area contributed by atoms with E-state index in [2.05, 4.69) is 5.32 Å². The number of hydrogen-bond donors (Lipinski definition) is 2. The Morgan fingerprint density at radius 1 is 1.35 bits per heavy atom. The molecule has 3 N–H and O–H groups in total. The second kappa shape index (κ2) is 5.32. The van der Waals surface area contributed by atoms with E-state index in [-0.39, 0.29) is 11.9 Å². The fourth-order valence-corrected chi connectivity index (χ4v) is 1.64. The van der Waals surface area contributed by atoms with Crippen molar-refractivity contribution in [2.75, 3.05) is 0 Å². The van der Waals surface area contributed by atoms with Gasteiger partial charge in [0.15, 0.2) is 0 Å². The van der Waals surface area contributed by atoms with Crippen molar-refractivity contribution in [3.8, 4) is 0 Å². The van der Waals surface area contributed by atoms with Crippen LogP contribution < -0.4 is 11.1 Å². The summed E-state index contributed by atoms with van der Waals surface area (Å²) >= 11 is 0. The number of nitrogens with two attached hydrogens (primary N) is 1. The lowest BCUT2D eigenvalue weighted by Crippen LogP contribution is -2.39. The summed E-state index contributed by atoms with van der Waals surface area (Å²) in [6.45, 7) is 7.72. The molecule has 0 aliphatic rings. The van der Waals surface area contributed by atoms with Crippen LogP contribution in [0.4, 0.5) is 0 Å². The van der Waals surface area contributed by atoms with Crippen molar-refractivity contribution >= 4 is 5.91 Å². The van der Waals surface area contributed by atoms with Crippen LogP contribution in [0.5, 0.6) is 0 Å². The van der Waals surface area contributed by atoms with Gasteiger partial charge in [-0.1, -0.05) is 29.8 Å². The fraction of sp³-hybridized carbons (Fsp3) is 0.500. The average Bonchev–Trinajstić information content (AvgIpc) is 2.15. The smallest absolute Gasteiger partial charge is 0.222 e. The first-order valence-corrected chi connectivity index (χ1v) is 5.93. The van der Waals surface area contributed by atoms with Crippen molar-refractivity contribution in [2.45, 2.75) is 45.7 Å². The maximum Gasteiger partial charge on any atom is 0.222 e. The summed E-state index contributed by atoms with van der Waals surface area (Å²) in [5, 5.41) is 2.95. The Bertz CT molecular complexity index is 376. The monoisotopic (exact) mass is 234 g/mol. The van der Waals surface area contributed by atoms with Gasteiger partial charge < -0.3 is 11.1 Å². The van der Waals surface area contributed by atoms with E-state index in [1.54, 1.807) is 0 Å². The molecule has 0 aromatic heterocycles. The van der Waals surface area contributed by atoms with Gasteiger partial charge in [0, 0.05) is 12.0 Å². The van der Waals surface area contributed by atoms with E-state index in [1.807, 2.05) is 52.0 Å². The second-order valence-electron chi connectivity index (χ2n) is 5.37. The Hall–Kier alpha value is -1.35. The lowest BCUT2D eigenvalue weighted by molar-refractivity contribution is -0.122. The molecule has 94 valence electrons. The molecule has 1 rings (SSSR count). The number of hydrogen-bond acceptors (Lipinski definition) is 2. The number of rotatable bonds is 4. The predicted octanol–water partition coefficient (Wildman–Crippen LogP) is 2.30. The first-order chi connectivity index (χ1) is 7.78. The zero-order valence-electron chi connectivity index (χ0n) is 11.1. The van der Waals surface area contributed by atoms with Gasteiger partial charge in [-0.05, 0) is 33.3 Å². The Labute approximate surface area is 103 Å². The first kappa shape index (κ1) is 13.7. The van der Waals surface area contributed by atoms with Crippen molar-refractivity contribution in [3.05, 3.63) is 35.4 Å². The van der Waals surface area contributed by atoms with Gasteiger partial charge in [-0.15, -0.1) is 0 Å². The van der Waals surface area contributed by atoms with Crippen molar-refractivity contribution < 1.29 is 4.79 Å². The Morgan fingerprint density at radius 3 is 2.35 bits per heavy atom. The predicted molar refractivity (Wildman–Crippen MR) is 70.6 cm³/mol. The van der Waals surface area contributed by atoms with Crippen LogP contribution in [0.15, 0.2) is 24.3 Å². The molecular formula is C14H22N2O. The number of amides is 1. The highest BCUT2D eigenvalue weighted by Crippen LogP contribution is 2.14. The fourth-order valence-electron chi connectivity index (χ4n) is 1.64. The third-order valence-electron chi connectivity index (χ3n) is 2.57. The van der Waals surface area contributed by atoms with E-state index < -0.39 is 5.54 Å². The van der Waals surface area contributed by atoms with Crippen LogP contribution in [-0.2, 0) is 4.79 Å². The standard InChI is InChI=1S/C14H22N2O/c1-10-5-7-12(8-6-10)11(2)16-13(17)9-14(3,4)15/h5-8,11H,9,15H2,1-4H3,(H,16,17)/t11-/m1/s1. The third kappa shape index (κ3) is 5.00. The molecule has 0 heterocycles. The average molecular weight is 234 g/mol. The lowest BCUT2D eigenvalue weighted by Gasteiger charge is -2.20. The SMILES string of the molecule is Cc1ccc([C@@H](C)NC(=O)CC(C)(C)N)cc1. The molecule has 0 saturated carbocycles. The number of aryl methyl sites for hydroxylation is 1. The zero-order valence-corrected chi connectivity index (χ0v) is 11.1. The van der Waals surface area contributed by atoms with Crippen molar-refractivity contribution in [2.24, 2.45) is 5.73 Å². The van der Waals surface area contributed by atoms with E-state index in [1.165, 1.54) is 5.56 Å². The minimum absolute atomic E-state index is 0.00873. The third-order valence-corrected chi connectivity index (χ3v) is 2.57. The largest absolute Gasteiger partial charge is 0.350 e. The molecule has 0 bridgehead atoms. The Balaban J connectivity index is 2.57. The number of benzene rings is 1. The van der Waals surface area contributed by atoms with Crippen molar-refractivity contribution in [1.82, 2.24) is 5.32 Å². The van der Waals surface area contributed by atoms with Gasteiger partial charge in [0.1, 0.15) is 0 Å². The topological polar surface area (TPSA) is 55.1 Å². The molecule has 0 aliphatic carbocycles. The minimum atomic E-state index is -0.461. The van der Waals surface area contributed by atoms with Gasteiger partial charge in [0.05, 0.1) is 6.04 Å². The van der Waals surface area contributed by atoms with Crippen LogP contribution in [0, 0.1) is 6.92 Å².